The van der Waals surface area contributed by atoms with Crippen LogP contribution in [0.3, 0.4) is 0 Å². The lowest BCUT2D eigenvalue weighted by Crippen LogP contribution is -2.15. The standard InChI is InChI=1S/C26H20FN3O4S/c27-20-11-13-21(14-12-20)30-35(33,34)24-15-9-19(10-16-24)26(32)29-23-8-4-7-22(17-23)28-25(31)18-5-2-1-3-6-18/h1-17,30H,(H,28,31)(H,29,32). The summed E-state index contributed by atoms with van der Waals surface area (Å²) in [5.41, 5.74) is 1.92. The molecule has 0 saturated carbocycles. The largest absolute Gasteiger partial charge is 0.322 e. The van der Waals surface area contributed by atoms with Crippen molar-refractivity contribution in [3.63, 3.8) is 0 Å². The summed E-state index contributed by atoms with van der Waals surface area (Å²) in [5, 5.41) is 5.50. The summed E-state index contributed by atoms with van der Waals surface area (Å²) >= 11 is 0. The van der Waals surface area contributed by atoms with Gasteiger partial charge < -0.3 is 10.6 Å². The van der Waals surface area contributed by atoms with Crippen molar-refractivity contribution >= 4 is 38.9 Å². The van der Waals surface area contributed by atoms with Crippen LogP contribution in [-0.4, -0.2) is 20.2 Å². The van der Waals surface area contributed by atoms with E-state index in [1.807, 2.05) is 6.07 Å². The number of carbonyl (C=O) groups excluding carboxylic acids is 2. The van der Waals surface area contributed by atoms with Gasteiger partial charge in [0, 0.05) is 28.2 Å². The van der Waals surface area contributed by atoms with Gasteiger partial charge in [0.15, 0.2) is 0 Å². The highest BCUT2D eigenvalue weighted by Crippen LogP contribution is 2.19. The highest BCUT2D eigenvalue weighted by molar-refractivity contribution is 7.92. The highest BCUT2D eigenvalue weighted by atomic mass is 32.2. The van der Waals surface area contributed by atoms with Gasteiger partial charge in [-0.1, -0.05) is 24.3 Å². The van der Waals surface area contributed by atoms with Crippen LogP contribution in [0.25, 0.3) is 0 Å². The van der Waals surface area contributed by atoms with Crippen LogP contribution in [0.2, 0.25) is 0 Å². The maximum Gasteiger partial charge on any atom is 0.261 e. The Labute approximate surface area is 201 Å². The van der Waals surface area contributed by atoms with Gasteiger partial charge in [-0.15, -0.1) is 0 Å². The van der Waals surface area contributed by atoms with Crippen molar-refractivity contribution in [2.75, 3.05) is 15.4 Å². The van der Waals surface area contributed by atoms with Crippen molar-refractivity contribution in [2.24, 2.45) is 0 Å². The number of amides is 2. The average Bonchev–Trinajstić information content (AvgIpc) is 2.86. The number of halogens is 1. The molecular formula is C26H20FN3O4S. The van der Waals surface area contributed by atoms with Gasteiger partial charge >= 0.3 is 0 Å². The summed E-state index contributed by atoms with van der Waals surface area (Å²) < 4.78 is 40.5. The molecule has 0 radical (unpaired) electrons. The molecule has 0 spiro atoms. The number of rotatable bonds is 7. The third-order valence-electron chi connectivity index (χ3n) is 4.94. The van der Waals surface area contributed by atoms with Crippen molar-refractivity contribution in [3.8, 4) is 0 Å². The zero-order chi connectivity index (χ0) is 24.8. The van der Waals surface area contributed by atoms with E-state index in [-0.39, 0.29) is 22.1 Å². The minimum atomic E-state index is -3.91. The smallest absolute Gasteiger partial charge is 0.261 e. The molecule has 4 rings (SSSR count). The SMILES string of the molecule is O=C(Nc1cccc(NC(=O)c2ccc(S(=O)(=O)Nc3ccc(F)cc3)cc2)c1)c1ccccc1. The third kappa shape index (κ3) is 6.10. The Morgan fingerprint density at radius 2 is 1.14 bits per heavy atom. The molecule has 4 aromatic carbocycles. The van der Waals surface area contributed by atoms with E-state index >= 15 is 0 Å². The van der Waals surface area contributed by atoms with Gasteiger partial charge in [0.2, 0.25) is 0 Å². The topological polar surface area (TPSA) is 104 Å². The first-order chi connectivity index (χ1) is 16.8. The molecule has 0 atom stereocenters. The number of hydrogen-bond donors (Lipinski definition) is 3. The van der Waals surface area contributed by atoms with Crippen molar-refractivity contribution in [3.05, 3.63) is 120 Å². The van der Waals surface area contributed by atoms with E-state index < -0.39 is 21.7 Å². The van der Waals surface area contributed by atoms with Crippen LogP contribution in [-0.2, 0) is 10.0 Å². The quantitative estimate of drug-likeness (QED) is 0.335. The summed E-state index contributed by atoms with van der Waals surface area (Å²) in [6.07, 6.45) is 0. The monoisotopic (exact) mass is 489 g/mol. The van der Waals surface area contributed by atoms with Crippen molar-refractivity contribution in [1.29, 1.82) is 0 Å². The first-order valence-electron chi connectivity index (χ1n) is 10.5. The molecule has 3 N–H and O–H groups in total. The Morgan fingerprint density at radius 1 is 0.600 bits per heavy atom. The molecule has 176 valence electrons. The first kappa shape index (κ1) is 23.7. The minimum Gasteiger partial charge on any atom is -0.322 e. The Hall–Kier alpha value is -4.50. The van der Waals surface area contributed by atoms with Crippen LogP contribution in [0.1, 0.15) is 20.7 Å². The molecule has 9 heteroatoms. The zero-order valence-corrected chi connectivity index (χ0v) is 19.1. The molecule has 2 amide bonds. The lowest BCUT2D eigenvalue weighted by Gasteiger charge is -2.10. The number of carbonyl (C=O) groups is 2. The van der Waals surface area contributed by atoms with Crippen LogP contribution in [0.5, 0.6) is 0 Å². The molecule has 7 nitrogen and oxygen atoms in total. The van der Waals surface area contributed by atoms with Crippen LogP contribution in [0, 0.1) is 5.82 Å². The zero-order valence-electron chi connectivity index (χ0n) is 18.2. The average molecular weight is 490 g/mol. The normalized spacial score (nSPS) is 10.9. The van der Waals surface area contributed by atoms with E-state index in [2.05, 4.69) is 15.4 Å². The second kappa shape index (κ2) is 10.2. The summed E-state index contributed by atoms with van der Waals surface area (Å²) in [6.45, 7) is 0. The number of anilines is 3. The fraction of sp³-hybridized carbons (Fsp3) is 0. The summed E-state index contributed by atoms with van der Waals surface area (Å²) in [7, 11) is -3.91. The molecule has 0 aliphatic rings. The Bertz CT molecular complexity index is 1460. The second-order valence-electron chi connectivity index (χ2n) is 7.49. The molecule has 0 saturated heterocycles. The Morgan fingerprint density at radius 3 is 1.71 bits per heavy atom. The number of benzene rings is 4. The molecular weight excluding hydrogens is 469 g/mol. The minimum absolute atomic E-state index is 0.0519. The van der Waals surface area contributed by atoms with E-state index in [1.165, 1.54) is 36.4 Å². The van der Waals surface area contributed by atoms with Crippen LogP contribution in [0.4, 0.5) is 21.5 Å². The maximum absolute atomic E-state index is 13.0. The summed E-state index contributed by atoms with van der Waals surface area (Å²) in [4.78, 5) is 24.9. The Balaban J connectivity index is 1.41. The molecule has 0 fully saturated rings. The number of nitrogens with one attached hydrogen (secondary N) is 3. The van der Waals surface area contributed by atoms with E-state index in [9.17, 15) is 22.4 Å². The molecule has 35 heavy (non-hydrogen) atoms. The molecule has 0 aliphatic heterocycles. The first-order valence-corrected chi connectivity index (χ1v) is 11.9. The highest BCUT2D eigenvalue weighted by Gasteiger charge is 2.16. The molecule has 0 aliphatic carbocycles. The number of sulfonamides is 1. The number of hydrogen-bond acceptors (Lipinski definition) is 4. The molecule has 0 heterocycles. The maximum atomic E-state index is 13.0. The van der Waals surface area contributed by atoms with Crippen LogP contribution < -0.4 is 15.4 Å². The fourth-order valence-corrected chi connectivity index (χ4v) is 4.25. The second-order valence-corrected chi connectivity index (χ2v) is 9.17. The fourth-order valence-electron chi connectivity index (χ4n) is 3.19. The van der Waals surface area contributed by atoms with Gasteiger partial charge in [-0.3, -0.25) is 14.3 Å². The predicted octanol–water partition coefficient (Wildman–Crippen LogP) is 5.13. The third-order valence-corrected chi connectivity index (χ3v) is 6.33. The van der Waals surface area contributed by atoms with E-state index in [4.69, 9.17) is 0 Å². The molecule has 0 aromatic heterocycles. The van der Waals surface area contributed by atoms with Gasteiger partial charge in [0.05, 0.1) is 4.90 Å². The van der Waals surface area contributed by atoms with E-state index in [0.29, 0.717) is 16.9 Å². The van der Waals surface area contributed by atoms with Crippen molar-refractivity contribution in [2.45, 2.75) is 4.90 Å². The van der Waals surface area contributed by atoms with Crippen molar-refractivity contribution < 1.29 is 22.4 Å². The summed E-state index contributed by atoms with van der Waals surface area (Å²) in [5.74, 6) is -1.21. The lowest BCUT2D eigenvalue weighted by atomic mass is 10.2. The van der Waals surface area contributed by atoms with Gasteiger partial charge in [0.1, 0.15) is 5.82 Å². The van der Waals surface area contributed by atoms with E-state index in [0.717, 1.165) is 12.1 Å². The predicted molar refractivity (Wildman–Crippen MR) is 132 cm³/mol. The lowest BCUT2D eigenvalue weighted by molar-refractivity contribution is 0.101. The molecule has 0 unspecified atom stereocenters. The van der Waals surface area contributed by atoms with Crippen LogP contribution in [0.15, 0.2) is 108 Å². The van der Waals surface area contributed by atoms with Gasteiger partial charge in [0.25, 0.3) is 21.8 Å². The van der Waals surface area contributed by atoms with Gasteiger partial charge in [-0.2, -0.15) is 0 Å². The molecule has 0 bridgehead atoms. The van der Waals surface area contributed by atoms with Gasteiger partial charge in [-0.05, 0) is 78.9 Å². The van der Waals surface area contributed by atoms with E-state index in [1.54, 1.807) is 48.5 Å². The van der Waals surface area contributed by atoms with Gasteiger partial charge in [-0.25, -0.2) is 12.8 Å². The summed E-state index contributed by atoms with van der Waals surface area (Å²) in [6, 6.07) is 25.7. The Kier molecular flexibility index (Phi) is 6.88. The molecule has 4 aromatic rings. The van der Waals surface area contributed by atoms with Crippen LogP contribution >= 0.6 is 0 Å². The van der Waals surface area contributed by atoms with Crippen molar-refractivity contribution in [1.82, 2.24) is 0 Å².